The van der Waals surface area contributed by atoms with E-state index in [9.17, 15) is 4.79 Å². The van der Waals surface area contributed by atoms with E-state index >= 15 is 0 Å². The summed E-state index contributed by atoms with van der Waals surface area (Å²) < 4.78 is 10.0. The lowest BCUT2D eigenvalue weighted by Gasteiger charge is -2.27. The number of ether oxygens (including phenoxy) is 1. The highest BCUT2D eigenvalue weighted by atomic mass is 32.1. The van der Waals surface area contributed by atoms with Gasteiger partial charge in [0.05, 0.1) is 24.5 Å². The zero-order valence-corrected chi connectivity index (χ0v) is 19.1. The Morgan fingerprint density at radius 1 is 1.06 bits per heavy atom. The molecule has 4 aromatic rings. The van der Waals surface area contributed by atoms with Crippen LogP contribution in [0.2, 0.25) is 0 Å². The number of carbonyl (C=O) groups is 1. The molecule has 5 rings (SSSR count). The highest BCUT2D eigenvalue weighted by Gasteiger charge is 2.25. The van der Waals surface area contributed by atoms with E-state index in [1.807, 2.05) is 6.07 Å². The average Bonchev–Trinajstić information content (AvgIpc) is 3.45. The van der Waals surface area contributed by atoms with Crippen molar-refractivity contribution in [1.82, 2.24) is 14.0 Å². The summed E-state index contributed by atoms with van der Waals surface area (Å²) in [6.45, 7) is 10.5. The van der Waals surface area contributed by atoms with Crippen LogP contribution in [0.5, 0.6) is 0 Å². The van der Waals surface area contributed by atoms with Gasteiger partial charge in [-0.3, -0.25) is 9.69 Å². The minimum Gasteiger partial charge on any atom is -0.379 e. The van der Waals surface area contributed by atoms with Crippen molar-refractivity contribution in [2.24, 2.45) is 0 Å². The number of para-hydroxylation sites is 1. The molecular formula is C25H29N3O2S. The van der Waals surface area contributed by atoms with E-state index in [1.165, 1.54) is 4.83 Å². The predicted molar refractivity (Wildman–Crippen MR) is 127 cm³/mol. The Kier molecular flexibility index (Phi) is 5.69. The van der Waals surface area contributed by atoms with Crippen LogP contribution < -0.4 is 0 Å². The number of benzene rings is 1. The Hall–Kier alpha value is -2.41. The van der Waals surface area contributed by atoms with E-state index in [4.69, 9.17) is 4.74 Å². The van der Waals surface area contributed by atoms with E-state index in [1.54, 1.807) is 11.3 Å². The summed E-state index contributed by atoms with van der Waals surface area (Å²) in [5.74, 6) is 0.135. The van der Waals surface area contributed by atoms with Crippen LogP contribution in [0.3, 0.4) is 0 Å². The number of aromatic nitrogens is 2. The smallest absolute Gasteiger partial charge is 0.211 e. The summed E-state index contributed by atoms with van der Waals surface area (Å²) in [5, 5.41) is 4.32. The molecule has 0 spiro atoms. The lowest BCUT2D eigenvalue weighted by Crippen LogP contribution is -2.38. The number of fused-ring (bicyclic) bond motifs is 2. The van der Waals surface area contributed by atoms with Gasteiger partial charge in [0.2, 0.25) is 5.78 Å². The standard InChI is InChI=1S/C25H29N3O2S/c1-3-9-28-22(17-19-8-16-31-25(19)28)24(29)23-18(2)27(21-7-5-4-6-20(21)23)11-10-26-12-14-30-15-13-26/h4-8,16-17H,3,9-15H2,1-2H3. The van der Waals surface area contributed by atoms with Gasteiger partial charge in [-0.2, -0.15) is 0 Å². The Labute approximate surface area is 186 Å². The quantitative estimate of drug-likeness (QED) is 0.386. The van der Waals surface area contributed by atoms with Gasteiger partial charge in [-0.15, -0.1) is 11.3 Å². The van der Waals surface area contributed by atoms with Gasteiger partial charge in [0.1, 0.15) is 4.83 Å². The van der Waals surface area contributed by atoms with Crippen LogP contribution in [-0.2, 0) is 17.8 Å². The van der Waals surface area contributed by atoms with Crippen molar-refractivity contribution in [3.63, 3.8) is 0 Å². The van der Waals surface area contributed by atoms with Crippen LogP contribution in [0.1, 0.15) is 35.1 Å². The second kappa shape index (κ2) is 8.61. The zero-order chi connectivity index (χ0) is 21.4. The van der Waals surface area contributed by atoms with E-state index in [-0.39, 0.29) is 5.78 Å². The minimum absolute atomic E-state index is 0.135. The van der Waals surface area contributed by atoms with Crippen molar-refractivity contribution in [2.45, 2.75) is 33.4 Å². The number of thiophene rings is 1. The second-order valence-corrected chi connectivity index (χ2v) is 9.17. The largest absolute Gasteiger partial charge is 0.379 e. The fourth-order valence-corrected chi connectivity index (χ4v) is 5.73. The van der Waals surface area contributed by atoms with Crippen LogP contribution in [0.4, 0.5) is 0 Å². The average molecular weight is 436 g/mol. The summed E-state index contributed by atoms with van der Waals surface area (Å²) in [4.78, 5) is 17.5. The molecular weight excluding hydrogens is 406 g/mol. The molecule has 0 bridgehead atoms. The van der Waals surface area contributed by atoms with Crippen molar-refractivity contribution in [2.75, 3.05) is 32.8 Å². The van der Waals surface area contributed by atoms with Crippen LogP contribution in [0, 0.1) is 6.92 Å². The third kappa shape index (κ3) is 3.63. The van der Waals surface area contributed by atoms with Crippen molar-refractivity contribution >= 4 is 38.2 Å². The molecule has 5 nitrogen and oxygen atoms in total. The zero-order valence-electron chi connectivity index (χ0n) is 18.3. The van der Waals surface area contributed by atoms with Crippen molar-refractivity contribution < 1.29 is 9.53 Å². The Morgan fingerprint density at radius 3 is 2.68 bits per heavy atom. The topological polar surface area (TPSA) is 39.4 Å². The number of nitrogens with zero attached hydrogens (tertiary/aromatic N) is 3. The molecule has 0 radical (unpaired) electrons. The van der Waals surface area contributed by atoms with Crippen LogP contribution in [0.25, 0.3) is 21.1 Å². The molecule has 1 fully saturated rings. The van der Waals surface area contributed by atoms with E-state index in [0.29, 0.717) is 0 Å². The lowest BCUT2D eigenvalue weighted by molar-refractivity contribution is 0.0365. The Bertz CT molecular complexity index is 1230. The van der Waals surface area contributed by atoms with Gasteiger partial charge >= 0.3 is 0 Å². The first-order chi connectivity index (χ1) is 15.2. The SMILES string of the molecule is CCCn1c(C(=O)c2c(C)n(CCN3CCOCC3)c3ccccc23)cc2ccsc21. The number of hydrogen-bond donors (Lipinski definition) is 0. The molecule has 1 saturated heterocycles. The molecule has 0 unspecified atom stereocenters. The summed E-state index contributed by atoms with van der Waals surface area (Å²) in [6, 6.07) is 12.5. The molecule has 4 heterocycles. The van der Waals surface area contributed by atoms with Gasteiger partial charge in [-0.1, -0.05) is 25.1 Å². The third-order valence-corrected chi connectivity index (χ3v) is 7.34. The van der Waals surface area contributed by atoms with Crippen molar-refractivity contribution in [3.05, 3.63) is 58.7 Å². The number of rotatable bonds is 7. The summed E-state index contributed by atoms with van der Waals surface area (Å²) >= 11 is 1.71. The molecule has 1 aliphatic heterocycles. The van der Waals surface area contributed by atoms with Crippen LogP contribution >= 0.6 is 11.3 Å². The fraction of sp³-hybridized carbons (Fsp3) is 0.400. The number of morpholine rings is 1. The maximum atomic E-state index is 13.9. The maximum Gasteiger partial charge on any atom is 0.211 e. The highest BCUT2D eigenvalue weighted by Crippen LogP contribution is 2.32. The fourth-order valence-electron chi connectivity index (χ4n) is 4.81. The third-order valence-electron chi connectivity index (χ3n) is 6.38. The van der Waals surface area contributed by atoms with Gasteiger partial charge < -0.3 is 13.9 Å². The number of hydrogen-bond acceptors (Lipinski definition) is 4. The molecule has 1 aliphatic rings. The van der Waals surface area contributed by atoms with Gasteiger partial charge in [0.25, 0.3) is 0 Å². The van der Waals surface area contributed by atoms with Crippen molar-refractivity contribution in [1.29, 1.82) is 0 Å². The predicted octanol–water partition coefficient (Wildman–Crippen LogP) is 4.94. The Balaban J connectivity index is 1.55. The summed E-state index contributed by atoms with van der Waals surface area (Å²) in [5.41, 5.74) is 3.86. The highest BCUT2D eigenvalue weighted by molar-refractivity contribution is 7.16. The number of aryl methyl sites for hydroxylation is 1. The lowest BCUT2D eigenvalue weighted by atomic mass is 10.0. The molecule has 6 heteroatoms. The normalized spacial score (nSPS) is 15.3. The molecule has 0 aliphatic carbocycles. The van der Waals surface area contributed by atoms with E-state index in [2.05, 4.69) is 63.6 Å². The van der Waals surface area contributed by atoms with E-state index < -0.39 is 0 Å². The molecule has 0 saturated carbocycles. The maximum absolute atomic E-state index is 13.9. The molecule has 1 aromatic carbocycles. The van der Waals surface area contributed by atoms with E-state index in [0.717, 1.165) is 85.6 Å². The molecule has 0 N–H and O–H groups in total. The number of ketones is 1. The van der Waals surface area contributed by atoms with Gasteiger partial charge in [0.15, 0.2) is 0 Å². The van der Waals surface area contributed by atoms with Gasteiger partial charge in [0, 0.05) is 54.7 Å². The van der Waals surface area contributed by atoms with Crippen molar-refractivity contribution in [3.8, 4) is 0 Å². The first-order valence-corrected chi connectivity index (χ1v) is 12.1. The Morgan fingerprint density at radius 2 is 1.87 bits per heavy atom. The first kappa shape index (κ1) is 20.5. The summed E-state index contributed by atoms with van der Waals surface area (Å²) in [6.07, 6.45) is 1.00. The second-order valence-electron chi connectivity index (χ2n) is 8.27. The first-order valence-electron chi connectivity index (χ1n) is 11.2. The molecule has 31 heavy (non-hydrogen) atoms. The monoisotopic (exact) mass is 435 g/mol. The summed E-state index contributed by atoms with van der Waals surface area (Å²) in [7, 11) is 0. The molecule has 0 atom stereocenters. The molecule has 162 valence electrons. The van der Waals surface area contributed by atoms with Gasteiger partial charge in [-0.05, 0) is 36.9 Å². The molecule has 0 amide bonds. The van der Waals surface area contributed by atoms with Crippen LogP contribution in [0.15, 0.2) is 41.8 Å². The van der Waals surface area contributed by atoms with Crippen LogP contribution in [-0.4, -0.2) is 52.7 Å². The number of carbonyl (C=O) groups excluding carboxylic acids is 1. The minimum atomic E-state index is 0.135. The van der Waals surface area contributed by atoms with Gasteiger partial charge in [-0.25, -0.2) is 0 Å². The molecule has 3 aromatic heterocycles.